The van der Waals surface area contributed by atoms with E-state index in [0.717, 1.165) is 6.20 Å². The average molecular weight is 715 g/mol. The van der Waals surface area contributed by atoms with Crippen LogP contribution in [0, 0.1) is 0 Å². The van der Waals surface area contributed by atoms with E-state index in [-0.39, 0.29) is 83.6 Å². The lowest BCUT2D eigenvalue weighted by molar-refractivity contribution is -0.155. The third-order valence-corrected chi connectivity index (χ3v) is 9.12. The van der Waals surface area contributed by atoms with E-state index >= 15 is 0 Å². The van der Waals surface area contributed by atoms with Crippen molar-refractivity contribution in [3.05, 3.63) is 70.4 Å². The third-order valence-electron chi connectivity index (χ3n) is 8.80. The van der Waals surface area contributed by atoms with Crippen LogP contribution in [0.2, 0.25) is 5.02 Å². The van der Waals surface area contributed by atoms with Crippen molar-refractivity contribution < 1.29 is 32.7 Å². The van der Waals surface area contributed by atoms with Gasteiger partial charge in [0.2, 0.25) is 0 Å². The summed E-state index contributed by atoms with van der Waals surface area (Å²) in [6.07, 6.45) is -1.55. The molecule has 1 aromatic carbocycles. The van der Waals surface area contributed by atoms with E-state index in [1.807, 2.05) is 0 Å². The summed E-state index contributed by atoms with van der Waals surface area (Å²) in [5.41, 5.74) is -1.36. The average Bonchev–Trinajstić information content (AvgIpc) is 3.79. The Morgan fingerprint density at radius 3 is 2.38 bits per heavy atom. The summed E-state index contributed by atoms with van der Waals surface area (Å²) in [4.78, 5) is 53.2. The Balaban J connectivity index is 1.08. The standard InChI is InChI=1S/C32H34ClF3N10O4/c1-37-19-3-5-22(39-16-19)25-24(26(44-43-25)32(34,35)36)23-17-40-27(42-23)28(47)41-15-18-2-4-20(21(33)14-18)29(48)45-10-12-46(13-11-45)30(49)31(50)6-8-38-9-7-31/h2-5,14,16-17,37-38,50H,6-13,15H2,1H3,(H,40,42)(H,41,47)(H,43,44). The van der Waals surface area contributed by atoms with Gasteiger partial charge in [-0.05, 0) is 55.8 Å². The lowest BCUT2D eigenvalue weighted by Gasteiger charge is -2.40. The molecular formula is C32H34ClF3N10O4. The van der Waals surface area contributed by atoms with E-state index in [4.69, 9.17) is 11.6 Å². The zero-order valence-corrected chi connectivity index (χ0v) is 27.6. The number of carbonyl (C=O) groups is 3. The SMILES string of the molecule is CNc1ccc(-c2[nH]nc(C(F)(F)F)c2-c2cnc(C(=O)NCc3ccc(C(=O)N4CCN(C(=O)C5(O)CCNCC5)CC4)c(Cl)c3)[nH]2)nc1. The van der Waals surface area contributed by atoms with Crippen molar-refractivity contribution in [2.45, 2.75) is 31.2 Å². The zero-order valence-electron chi connectivity index (χ0n) is 26.8. The Bertz CT molecular complexity index is 1880. The fourth-order valence-electron chi connectivity index (χ4n) is 5.99. The van der Waals surface area contributed by atoms with Gasteiger partial charge in [-0.1, -0.05) is 17.7 Å². The van der Waals surface area contributed by atoms with Gasteiger partial charge in [0, 0.05) is 39.8 Å². The number of hydrogen-bond acceptors (Lipinski definition) is 9. The number of halogens is 4. The molecule has 264 valence electrons. The van der Waals surface area contributed by atoms with Crippen LogP contribution in [-0.2, 0) is 17.5 Å². The normalized spacial score (nSPS) is 16.3. The van der Waals surface area contributed by atoms with Gasteiger partial charge in [0.25, 0.3) is 17.7 Å². The van der Waals surface area contributed by atoms with Crippen molar-refractivity contribution in [3.63, 3.8) is 0 Å². The molecule has 0 bridgehead atoms. The smallest absolute Gasteiger partial charge is 0.387 e. The lowest BCUT2D eigenvalue weighted by Crippen LogP contribution is -2.59. The van der Waals surface area contributed by atoms with Crippen LogP contribution in [0.25, 0.3) is 22.6 Å². The number of imidazole rings is 1. The van der Waals surface area contributed by atoms with E-state index in [0.29, 0.717) is 37.2 Å². The summed E-state index contributed by atoms with van der Waals surface area (Å²) < 4.78 is 41.7. The highest BCUT2D eigenvalue weighted by atomic mass is 35.5. The van der Waals surface area contributed by atoms with E-state index in [1.165, 1.54) is 18.3 Å². The minimum atomic E-state index is -4.81. The van der Waals surface area contributed by atoms with Crippen molar-refractivity contribution in [1.29, 1.82) is 0 Å². The Morgan fingerprint density at radius 1 is 1.02 bits per heavy atom. The number of hydrogen-bond donors (Lipinski definition) is 6. The van der Waals surface area contributed by atoms with E-state index < -0.39 is 23.4 Å². The number of anilines is 1. The Kier molecular flexibility index (Phi) is 9.82. The predicted molar refractivity (Wildman–Crippen MR) is 176 cm³/mol. The number of piperazine rings is 1. The fraction of sp³-hybridized carbons (Fsp3) is 0.375. The molecule has 2 saturated heterocycles. The van der Waals surface area contributed by atoms with Gasteiger partial charge in [0.05, 0.1) is 51.3 Å². The molecule has 0 unspecified atom stereocenters. The maximum absolute atomic E-state index is 13.9. The largest absolute Gasteiger partial charge is 0.435 e. The molecule has 3 aromatic heterocycles. The lowest BCUT2D eigenvalue weighted by atomic mass is 9.90. The molecule has 5 heterocycles. The van der Waals surface area contributed by atoms with Crippen molar-refractivity contribution >= 4 is 35.0 Å². The molecule has 14 nitrogen and oxygen atoms in total. The summed E-state index contributed by atoms with van der Waals surface area (Å²) in [7, 11) is 1.68. The highest BCUT2D eigenvalue weighted by molar-refractivity contribution is 6.33. The molecule has 0 radical (unpaired) electrons. The van der Waals surface area contributed by atoms with Gasteiger partial charge in [-0.2, -0.15) is 18.3 Å². The van der Waals surface area contributed by atoms with Crippen LogP contribution < -0.4 is 16.0 Å². The molecule has 0 spiro atoms. The van der Waals surface area contributed by atoms with Crippen LogP contribution in [0.1, 0.15) is 45.1 Å². The predicted octanol–water partition coefficient (Wildman–Crippen LogP) is 2.90. The van der Waals surface area contributed by atoms with E-state index in [9.17, 15) is 32.7 Å². The van der Waals surface area contributed by atoms with Gasteiger partial charge in [-0.25, -0.2) is 4.98 Å². The first kappa shape index (κ1) is 34.8. The Morgan fingerprint density at radius 2 is 1.74 bits per heavy atom. The number of carbonyl (C=O) groups excluding carboxylic acids is 3. The van der Waals surface area contributed by atoms with Crippen molar-refractivity contribution in [2.75, 3.05) is 51.6 Å². The first-order chi connectivity index (χ1) is 23.9. The molecule has 2 fully saturated rings. The second-order valence-corrected chi connectivity index (χ2v) is 12.4. The third kappa shape index (κ3) is 7.15. The van der Waals surface area contributed by atoms with Crippen LogP contribution >= 0.6 is 11.6 Å². The van der Waals surface area contributed by atoms with Crippen LogP contribution in [0.3, 0.4) is 0 Å². The number of aliphatic hydroxyl groups is 1. The summed E-state index contributed by atoms with van der Waals surface area (Å²) >= 11 is 6.48. The number of H-pyrrole nitrogens is 2. The number of piperidine rings is 1. The number of nitrogens with one attached hydrogen (secondary N) is 5. The van der Waals surface area contributed by atoms with Crippen molar-refractivity contribution in [1.82, 2.24) is 45.6 Å². The molecule has 0 saturated carbocycles. The zero-order chi connectivity index (χ0) is 35.6. The number of rotatable bonds is 8. The number of alkyl halides is 3. The maximum Gasteiger partial charge on any atom is 0.435 e. The van der Waals surface area contributed by atoms with Crippen molar-refractivity contribution in [3.8, 4) is 22.6 Å². The summed E-state index contributed by atoms with van der Waals surface area (Å²) in [6.45, 7) is 2.24. The number of nitrogens with zero attached hydrogens (tertiary/aromatic N) is 5. The summed E-state index contributed by atoms with van der Waals surface area (Å²) in [5, 5.41) is 25.5. The Hall–Kier alpha value is -5.00. The Labute approximate surface area is 288 Å². The van der Waals surface area contributed by atoms with Crippen LogP contribution in [-0.4, -0.2) is 110 Å². The van der Waals surface area contributed by atoms with Gasteiger partial charge in [0.1, 0.15) is 5.60 Å². The molecule has 50 heavy (non-hydrogen) atoms. The number of benzene rings is 1. The minimum absolute atomic E-state index is 0.00834. The molecule has 6 rings (SSSR count). The minimum Gasteiger partial charge on any atom is -0.387 e. The maximum atomic E-state index is 13.9. The van der Waals surface area contributed by atoms with E-state index in [1.54, 1.807) is 35.0 Å². The molecule has 2 aliphatic heterocycles. The molecule has 6 N–H and O–H groups in total. The molecule has 0 atom stereocenters. The second-order valence-electron chi connectivity index (χ2n) is 12.0. The summed E-state index contributed by atoms with van der Waals surface area (Å²) in [5.74, 6) is -1.55. The monoisotopic (exact) mass is 714 g/mol. The van der Waals surface area contributed by atoms with Crippen molar-refractivity contribution in [2.24, 2.45) is 0 Å². The van der Waals surface area contributed by atoms with Gasteiger partial charge in [-0.15, -0.1) is 0 Å². The topological polar surface area (TPSA) is 184 Å². The number of amides is 3. The number of aromatic nitrogens is 5. The highest BCUT2D eigenvalue weighted by Gasteiger charge is 2.42. The quantitative estimate of drug-likeness (QED) is 0.160. The van der Waals surface area contributed by atoms with Gasteiger partial charge in [0.15, 0.2) is 11.5 Å². The van der Waals surface area contributed by atoms with Gasteiger partial charge >= 0.3 is 6.18 Å². The van der Waals surface area contributed by atoms with Crippen LogP contribution in [0.5, 0.6) is 0 Å². The molecule has 3 amide bonds. The molecule has 4 aromatic rings. The number of pyridine rings is 1. The van der Waals surface area contributed by atoms with Crippen LogP contribution in [0.15, 0.2) is 42.7 Å². The first-order valence-corrected chi connectivity index (χ1v) is 16.2. The van der Waals surface area contributed by atoms with Crippen LogP contribution in [0.4, 0.5) is 18.9 Å². The second kappa shape index (κ2) is 14.1. The number of aromatic amines is 2. The van der Waals surface area contributed by atoms with Gasteiger partial charge < -0.3 is 35.8 Å². The van der Waals surface area contributed by atoms with E-state index in [2.05, 4.69) is 41.1 Å². The fourth-order valence-corrected chi connectivity index (χ4v) is 6.27. The first-order valence-electron chi connectivity index (χ1n) is 15.8. The molecular weight excluding hydrogens is 681 g/mol. The highest BCUT2D eigenvalue weighted by Crippen LogP contribution is 2.40. The molecule has 2 aliphatic rings. The summed E-state index contributed by atoms with van der Waals surface area (Å²) in [6, 6.07) is 7.88. The molecule has 18 heteroatoms. The van der Waals surface area contributed by atoms with Gasteiger partial charge in [-0.3, -0.25) is 24.5 Å². The molecule has 0 aliphatic carbocycles.